The molecule has 3 N–H and O–H groups in total. The Hall–Kier alpha value is -0.210. The van der Waals surface area contributed by atoms with E-state index in [4.69, 9.17) is 4.74 Å². The summed E-state index contributed by atoms with van der Waals surface area (Å²) in [5, 5.41) is 3.15. The molecular formula is C7H17N3O3S. The van der Waals surface area contributed by atoms with Gasteiger partial charge in [0.05, 0.1) is 13.2 Å². The van der Waals surface area contributed by atoms with Crippen molar-refractivity contribution in [2.45, 2.75) is 13.0 Å². The van der Waals surface area contributed by atoms with Crippen molar-refractivity contribution in [1.29, 1.82) is 0 Å². The number of ether oxygens (including phenoxy) is 1. The molecule has 1 aliphatic heterocycles. The van der Waals surface area contributed by atoms with E-state index < -0.39 is 10.2 Å². The predicted octanol–water partition coefficient (Wildman–Crippen LogP) is -1.58. The van der Waals surface area contributed by atoms with E-state index in [1.165, 1.54) is 0 Å². The van der Waals surface area contributed by atoms with Gasteiger partial charge in [-0.25, -0.2) is 9.44 Å². The largest absolute Gasteiger partial charge is 0.378 e. The van der Waals surface area contributed by atoms with Gasteiger partial charge in [0.15, 0.2) is 0 Å². The summed E-state index contributed by atoms with van der Waals surface area (Å²) in [6.07, 6.45) is 0. The zero-order valence-corrected chi connectivity index (χ0v) is 9.06. The molecule has 0 aromatic carbocycles. The third-order valence-corrected chi connectivity index (χ3v) is 3.07. The molecule has 0 amide bonds. The molecule has 0 saturated carbocycles. The lowest BCUT2D eigenvalue weighted by Crippen LogP contribution is -2.50. The Kier molecular flexibility index (Phi) is 4.76. The highest BCUT2D eigenvalue weighted by molar-refractivity contribution is 7.87. The lowest BCUT2D eigenvalue weighted by molar-refractivity contribution is 0.0783. The first-order chi connectivity index (χ1) is 6.64. The molecule has 1 rings (SSSR count). The van der Waals surface area contributed by atoms with Gasteiger partial charge in [0.1, 0.15) is 0 Å². The molecule has 1 aliphatic rings. The van der Waals surface area contributed by atoms with Crippen LogP contribution in [-0.4, -0.2) is 47.3 Å². The van der Waals surface area contributed by atoms with Gasteiger partial charge in [0.25, 0.3) is 10.2 Å². The molecule has 0 bridgehead atoms. The number of morpholine rings is 1. The number of rotatable bonds is 5. The highest BCUT2D eigenvalue weighted by Crippen LogP contribution is 1.91. The third kappa shape index (κ3) is 4.34. The average molecular weight is 223 g/mol. The Balaban J connectivity index is 2.24. The van der Waals surface area contributed by atoms with Gasteiger partial charge in [-0.05, 0) is 0 Å². The van der Waals surface area contributed by atoms with Gasteiger partial charge in [-0.2, -0.15) is 8.42 Å². The molecule has 6 nitrogen and oxygen atoms in total. The average Bonchev–Trinajstić information content (AvgIpc) is 2.17. The van der Waals surface area contributed by atoms with Crippen molar-refractivity contribution in [3.63, 3.8) is 0 Å². The van der Waals surface area contributed by atoms with Crippen LogP contribution in [0.15, 0.2) is 0 Å². The Labute approximate surface area is 84.6 Å². The Morgan fingerprint density at radius 2 is 2.29 bits per heavy atom. The van der Waals surface area contributed by atoms with Gasteiger partial charge in [0, 0.05) is 25.7 Å². The minimum Gasteiger partial charge on any atom is -0.378 e. The molecule has 1 unspecified atom stereocenters. The quantitative estimate of drug-likeness (QED) is 0.525. The maximum Gasteiger partial charge on any atom is 0.276 e. The van der Waals surface area contributed by atoms with E-state index >= 15 is 0 Å². The first kappa shape index (κ1) is 11.9. The van der Waals surface area contributed by atoms with Crippen molar-refractivity contribution in [2.24, 2.45) is 0 Å². The van der Waals surface area contributed by atoms with Gasteiger partial charge >= 0.3 is 0 Å². The summed E-state index contributed by atoms with van der Waals surface area (Å²) in [7, 11) is -3.33. The number of hydrogen-bond donors (Lipinski definition) is 3. The van der Waals surface area contributed by atoms with Gasteiger partial charge in [-0.3, -0.25) is 0 Å². The monoisotopic (exact) mass is 223 g/mol. The van der Waals surface area contributed by atoms with E-state index in [0.717, 1.165) is 6.54 Å². The minimum absolute atomic E-state index is 0.0668. The van der Waals surface area contributed by atoms with Gasteiger partial charge in [0.2, 0.25) is 0 Å². The summed E-state index contributed by atoms with van der Waals surface area (Å²) < 4.78 is 32.4. The second kappa shape index (κ2) is 5.62. The smallest absolute Gasteiger partial charge is 0.276 e. The molecule has 7 heteroatoms. The van der Waals surface area contributed by atoms with E-state index in [-0.39, 0.29) is 6.04 Å². The van der Waals surface area contributed by atoms with Crippen molar-refractivity contribution in [3.8, 4) is 0 Å². The second-order valence-corrected chi connectivity index (χ2v) is 4.66. The van der Waals surface area contributed by atoms with Gasteiger partial charge in [-0.15, -0.1) is 0 Å². The number of hydrogen-bond acceptors (Lipinski definition) is 4. The minimum atomic E-state index is -3.33. The molecule has 1 heterocycles. The van der Waals surface area contributed by atoms with Gasteiger partial charge in [-0.1, -0.05) is 6.92 Å². The molecule has 1 atom stereocenters. The van der Waals surface area contributed by atoms with Crippen molar-refractivity contribution >= 4 is 10.2 Å². The molecule has 0 aromatic heterocycles. The van der Waals surface area contributed by atoms with Crippen LogP contribution in [-0.2, 0) is 14.9 Å². The van der Waals surface area contributed by atoms with Crippen molar-refractivity contribution in [1.82, 2.24) is 14.8 Å². The normalized spacial score (nSPS) is 23.6. The fourth-order valence-electron chi connectivity index (χ4n) is 1.20. The van der Waals surface area contributed by atoms with Crippen LogP contribution in [0.5, 0.6) is 0 Å². The zero-order chi connectivity index (χ0) is 10.4. The molecular weight excluding hydrogens is 206 g/mol. The zero-order valence-electron chi connectivity index (χ0n) is 8.25. The molecule has 0 radical (unpaired) electrons. The van der Waals surface area contributed by atoms with Crippen LogP contribution in [0.25, 0.3) is 0 Å². The first-order valence-corrected chi connectivity index (χ1v) is 6.18. The van der Waals surface area contributed by atoms with Crippen molar-refractivity contribution < 1.29 is 13.2 Å². The maximum absolute atomic E-state index is 11.2. The Bertz CT molecular complexity index is 249. The van der Waals surface area contributed by atoms with Crippen LogP contribution < -0.4 is 14.8 Å². The number of nitrogens with one attached hydrogen (secondary N) is 3. The fourth-order valence-corrected chi connectivity index (χ4v) is 2.10. The molecule has 0 spiro atoms. The van der Waals surface area contributed by atoms with Crippen LogP contribution >= 0.6 is 0 Å². The molecule has 84 valence electrons. The van der Waals surface area contributed by atoms with E-state index in [2.05, 4.69) is 14.8 Å². The third-order valence-electron chi connectivity index (χ3n) is 1.85. The molecule has 0 aromatic rings. The fraction of sp³-hybridized carbons (Fsp3) is 1.00. The first-order valence-electron chi connectivity index (χ1n) is 4.69. The Morgan fingerprint density at radius 1 is 1.50 bits per heavy atom. The summed E-state index contributed by atoms with van der Waals surface area (Å²) in [5.41, 5.74) is 0. The van der Waals surface area contributed by atoms with E-state index in [9.17, 15) is 8.42 Å². The molecule has 1 fully saturated rings. The van der Waals surface area contributed by atoms with Crippen molar-refractivity contribution in [2.75, 3.05) is 32.8 Å². The highest BCUT2D eigenvalue weighted by Gasteiger charge is 2.15. The van der Waals surface area contributed by atoms with Crippen LogP contribution in [0.1, 0.15) is 6.92 Å². The predicted molar refractivity (Wildman–Crippen MR) is 53.2 cm³/mol. The standard InChI is InChI=1S/C7H17N3O3S/c1-2-9-14(11,12)10-5-7-6-13-4-3-8-7/h7-10H,2-6H2,1H3. The van der Waals surface area contributed by atoms with E-state index in [1.54, 1.807) is 6.92 Å². The SMILES string of the molecule is CCNS(=O)(=O)NCC1COCCN1. The van der Waals surface area contributed by atoms with Crippen LogP contribution in [0.2, 0.25) is 0 Å². The molecule has 14 heavy (non-hydrogen) atoms. The lowest BCUT2D eigenvalue weighted by Gasteiger charge is -2.23. The molecule has 0 aliphatic carbocycles. The summed E-state index contributed by atoms with van der Waals surface area (Å²) in [5.74, 6) is 0. The van der Waals surface area contributed by atoms with E-state index in [0.29, 0.717) is 26.3 Å². The Morgan fingerprint density at radius 3 is 2.86 bits per heavy atom. The summed E-state index contributed by atoms with van der Waals surface area (Å²) in [6.45, 7) is 4.50. The second-order valence-electron chi connectivity index (χ2n) is 3.08. The molecule has 1 saturated heterocycles. The van der Waals surface area contributed by atoms with Crippen LogP contribution in [0.3, 0.4) is 0 Å². The lowest BCUT2D eigenvalue weighted by atomic mass is 10.3. The van der Waals surface area contributed by atoms with Crippen LogP contribution in [0.4, 0.5) is 0 Å². The van der Waals surface area contributed by atoms with Crippen LogP contribution in [0, 0.1) is 0 Å². The van der Waals surface area contributed by atoms with Crippen molar-refractivity contribution in [3.05, 3.63) is 0 Å². The highest BCUT2D eigenvalue weighted by atomic mass is 32.2. The summed E-state index contributed by atoms with van der Waals surface area (Å²) in [6, 6.07) is 0.0668. The summed E-state index contributed by atoms with van der Waals surface area (Å²) >= 11 is 0. The van der Waals surface area contributed by atoms with Gasteiger partial charge < -0.3 is 10.1 Å². The maximum atomic E-state index is 11.2. The summed E-state index contributed by atoms with van der Waals surface area (Å²) in [4.78, 5) is 0. The van der Waals surface area contributed by atoms with E-state index in [1.807, 2.05) is 0 Å². The topological polar surface area (TPSA) is 79.5 Å².